The van der Waals surface area contributed by atoms with Crippen molar-refractivity contribution in [2.45, 2.75) is 18.1 Å². The lowest BCUT2D eigenvalue weighted by molar-refractivity contribution is -0.137. The second-order valence-electron chi connectivity index (χ2n) is 4.23. The third-order valence-corrected chi connectivity index (χ3v) is 3.09. The zero-order valence-corrected chi connectivity index (χ0v) is 9.70. The van der Waals surface area contributed by atoms with E-state index in [9.17, 15) is 22.8 Å². The molecule has 1 aliphatic heterocycles. The van der Waals surface area contributed by atoms with E-state index in [4.69, 9.17) is 0 Å². The number of rotatable bonds is 3. The Balaban J connectivity index is 2.22. The van der Waals surface area contributed by atoms with Crippen molar-refractivity contribution in [2.24, 2.45) is 0 Å². The highest BCUT2D eigenvalue weighted by atomic mass is 19.4. The SMILES string of the molecule is O=CNC1C(=O)NCC1c1ccc(C(F)(F)F)cc1. The second-order valence-corrected chi connectivity index (χ2v) is 4.23. The highest BCUT2D eigenvalue weighted by Gasteiger charge is 2.36. The molecule has 1 aliphatic rings. The minimum Gasteiger partial charge on any atom is -0.354 e. The summed E-state index contributed by atoms with van der Waals surface area (Å²) in [7, 11) is 0. The van der Waals surface area contributed by atoms with E-state index < -0.39 is 17.8 Å². The number of benzene rings is 1. The summed E-state index contributed by atoms with van der Waals surface area (Å²) in [6.45, 7) is 0.287. The third-order valence-electron chi connectivity index (χ3n) is 3.09. The summed E-state index contributed by atoms with van der Waals surface area (Å²) in [6.07, 6.45) is -3.98. The fraction of sp³-hybridized carbons (Fsp3) is 0.333. The zero-order chi connectivity index (χ0) is 14.0. The van der Waals surface area contributed by atoms with Gasteiger partial charge in [-0.1, -0.05) is 12.1 Å². The van der Waals surface area contributed by atoms with Crippen LogP contribution in [0.5, 0.6) is 0 Å². The third kappa shape index (κ3) is 2.69. The van der Waals surface area contributed by atoms with Gasteiger partial charge in [0.25, 0.3) is 0 Å². The molecule has 0 spiro atoms. The summed E-state index contributed by atoms with van der Waals surface area (Å²) in [4.78, 5) is 21.9. The van der Waals surface area contributed by atoms with Crippen molar-refractivity contribution in [1.29, 1.82) is 0 Å². The highest BCUT2D eigenvalue weighted by molar-refractivity contribution is 5.87. The molecular formula is C12H11F3N2O2. The summed E-state index contributed by atoms with van der Waals surface area (Å²) in [5, 5.41) is 4.94. The molecule has 2 N–H and O–H groups in total. The topological polar surface area (TPSA) is 58.2 Å². The number of halogens is 3. The van der Waals surface area contributed by atoms with Crippen LogP contribution in [0.4, 0.5) is 13.2 Å². The minimum absolute atomic E-state index is 0.287. The van der Waals surface area contributed by atoms with Gasteiger partial charge in [-0.25, -0.2) is 0 Å². The van der Waals surface area contributed by atoms with Crippen LogP contribution in [0, 0.1) is 0 Å². The standard InChI is InChI=1S/C12H11F3N2O2/c13-12(14,15)8-3-1-7(2-4-8)9-5-16-11(19)10(9)17-6-18/h1-4,6,9-10H,5H2,(H,16,19)(H,17,18). The monoisotopic (exact) mass is 272 g/mol. The molecule has 2 atom stereocenters. The molecule has 1 heterocycles. The number of alkyl halides is 3. The molecule has 1 aromatic carbocycles. The predicted octanol–water partition coefficient (Wildman–Crippen LogP) is 1.03. The van der Waals surface area contributed by atoms with Gasteiger partial charge in [0.05, 0.1) is 5.56 Å². The Bertz CT molecular complexity index is 485. The van der Waals surface area contributed by atoms with Gasteiger partial charge >= 0.3 is 6.18 Å². The van der Waals surface area contributed by atoms with E-state index in [0.717, 1.165) is 12.1 Å². The quantitative estimate of drug-likeness (QED) is 0.808. The molecule has 0 aromatic heterocycles. The van der Waals surface area contributed by atoms with Crippen LogP contribution in [0.25, 0.3) is 0 Å². The van der Waals surface area contributed by atoms with Gasteiger partial charge in [0.15, 0.2) is 0 Å². The second kappa shape index (κ2) is 4.91. The van der Waals surface area contributed by atoms with Gasteiger partial charge in [-0.15, -0.1) is 0 Å². The molecule has 7 heteroatoms. The zero-order valence-electron chi connectivity index (χ0n) is 9.70. The van der Waals surface area contributed by atoms with E-state index in [1.807, 2.05) is 0 Å². The van der Waals surface area contributed by atoms with Crippen molar-refractivity contribution in [3.63, 3.8) is 0 Å². The number of nitrogens with one attached hydrogen (secondary N) is 2. The molecule has 2 amide bonds. The Labute approximate surface area is 107 Å². The molecular weight excluding hydrogens is 261 g/mol. The van der Waals surface area contributed by atoms with Crippen molar-refractivity contribution < 1.29 is 22.8 Å². The average molecular weight is 272 g/mol. The molecule has 0 saturated carbocycles. The van der Waals surface area contributed by atoms with Crippen LogP contribution in [0.1, 0.15) is 17.0 Å². The number of carbonyl (C=O) groups is 2. The molecule has 0 aliphatic carbocycles. The van der Waals surface area contributed by atoms with Crippen LogP contribution in [0.15, 0.2) is 24.3 Å². The Kier molecular flexibility index (Phi) is 3.46. The first kappa shape index (κ1) is 13.4. The van der Waals surface area contributed by atoms with E-state index in [2.05, 4.69) is 10.6 Å². The molecule has 1 fully saturated rings. The number of carbonyl (C=O) groups excluding carboxylic acids is 2. The number of hydrogen-bond donors (Lipinski definition) is 2. The summed E-state index contributed by atoms with van der Waals surface area (Å²) >= 11 is 0. The smallest absolute Gasteiger partial charge is 0.354 e. The molecule has 1 aromatic rings. The summed E-state index contributed by atoms with van der Waals surface area (Å²) in [5.74, 6) is -0.697. The average Bonchev–Trinajstić information content (AvgIpc) is 2.71. The van der Waals surface area contributed by atoms with Gasteiger partial charge in [-0.2, -0.15) is 13.2 Å². The highest BCUT2D eigenvalue weighted by Crippen LogP contribution is 2.31. The number of amides is 2. The van der Waals surface area contributed by atoms with Crippen LogP contribution in [0.3, 0.4) is 0 Å². The number of hydrogen-bond acceptors (Lipinski definition) is 2. The van der Waals surface area contributed by atoms with Crippen LogP contribution < -0.4 is 10.6 Å². The normalized spacial score (nSPS) is 23.0. The van der Waals surface area contributed by atoms with E-state index in [-0.39, 0.29) is 18.4 Å². The molecule has 0 bridgehead atoms. The molecule has 19 heavy (non-hydrogen) atoms. The fourth-order valence-corrected chi connectivity index (χ4v) is 2.12. The Morgan fingerprint density at radius 2 is 1.89 bits per heavy atom. The van der Waals surface area contributed by atoms with Crippen molar-refractivity contribution in [1.82, 2.24) is 10.6 Å². The lowest BCUT2D eigenvalue weighted by atomic mass is 9.93. The van der Waals surface area contributed by atoms with E-state index in [0.29, 0.717) is 12.0 Å². The van der Waals surface area contributed by atoms with Crippen LogP contribution in [-0.4, -0.2) is 24.9 Å². The largest absolute Gasteiger partial charge is 0.416 e. The fourth-order valence-electron chi connectivity index (χ4n) is 2.12. The van der Waals surface area contributed by atoms with Gasteiger partial charge in [0, 0.05) is 12.5 Å². The molecule has 0 radical (unpaired) electrons. The maximum Gasteiger partial charge on any atom is 0.416 e. The minimum atomic E-state index is -4.39. The van der Waals surface area contributed by atoms with Gasteiger partial charge in [-0.3, -0.25) is 9.59 Å². The van der Waals surface area contributed by atoms with Crippen LogP contribution >= 0.6 is 0 Å². The summed E-state index contributed by atoms with van der Waals surface area (Å²) in [6, 6.07) is 3.85. The van der Waals surface area contributed by atoms with Crippen molar-refractivity contribution >= 4 is 12.3 Å². The molecule has 2 unspecified atom stereocenters. The predicted molar refractivity (Wildman–Crippen MR) is 60.2 cm³/mol. The maximum atomic E-state index is 12.4. The van der Waals surface area contributed by atoms with E-state index >= 15 is 0 Å². The molecule has 102 valence electrons. The summed E-state index contributed by atoms with van der Waals surface area (Å²) in [5.41, 5.74) is -0.167. The van der Waals surface area contributed by atoms with Gasteiger partial charge in [-0.05, 0) is 17.7 Å². The van der Waals surface area contributed by atoms with E-state index in [1.165, 1.54) is 12.1 Å². The van der Waals surface area contributed by atoms with Gasteiger partial charge < -0.3 is 10.6 Å². The van der Waals surface area contributed by atoms with Crippen LogP contribution in [0.2, 0.25) is 0 Å². The van der Waals surface area contributed by atoms with Gasteiger partial charge in [0.1, 0.15) is 6.04 Å². The lowest BCUT2D eigenvalue weighted by Crippen LogP contribution is -2.38. The van der Waals surface area contributed by atoms with Gasteiger partial charge in [0.2, 0.25) is 12.3 Å². The Hall–Kier alpha value is -2.05. The lowest BCUT2D eigenvalue weighted by Gasteiger charge is -2.17. The Morgan fingerprint density at radius 1 is 1.26 bits per heavy atom. The first-order valence-corrected chi connectivity index (χ1v) is 5.58. The van der Waals surface area contributed by atoms with E-state index in [1.54, 1.807) is 0 Å². The van der Waals surface area contributed by atoms with Crippen LogP contribution in [-0.2, 0) is 15.8 Å². The Morgan fingerprint density at radius 3 is 2.42 bits per heavy atom. The first-order valence-electron chi connectivity index (χ1n) is 5.58. The molecule has 4 nitrogen and oxygen atoms in total. The van der Waals surface area contributed by atoms with Crippen molar-refractivity contribution in [3.8, 4) is 0 Å². The molecule has 2 rings (SSSR count). The van der Waals surface area contributed by atoms with Crippen molar-refractivity contribution in [2.75, 3.05) is 6.54 Å². The molecule has 1 saturated heterocycles. The first-order chi connectivity index (χ1) is 8.93. The van der Waals surface area contributed by atoms with Crippen molar-refractivity contribution in [3.05, 3.63) is 35.4 Å². The summed E-state index contributed by atoms with van der Waals surface area (Å²) < 4.78 is 37.3. The maximum absolute atomic E-state index is 12.4.